The van der Waals surface area contributed by atoms with Crippen LogP contribution in [0.3, 0.4) is 0 Å². The minimum absolute atomic E-state index is 0.296. The van der Waals surface area contributed by atoms with E-state index in [1.807, 2.05) is 36.4 Å². The van der Waals surface area contributed by atoms with Crippen LogP contribution in [0.4, 0.5) is 0 Å². The van der Waals surface area contributed by atoms with Crippen molar-refractivity contribution in [2.24, 2.45) is 0 Å². The predicted octanol–water partition coefficient (Wildman–Crippen LogP) is 3.79. The van der Waals surface area contributed by atoms with E-state index in [4.69, 9.17) is 16.7 Å². The number of hydrogen-bond donors (Lipinski definition) is 1. The van der Waals surface area contributed by atoms with Crippen molar-refractivity contribution in [3.8, 4) is 11.1 Å². The van der Waals surface area contributed by atoms with Crippen molar-refractivity contribution < 1.29 is 9.90 Å². The van der Waals surface area contributed by atoms with Crippen LogP contribution < -0.4 is 0 Å². The summed E-state index contributed by atoms with van der Waals surface area (Å²) >= 11 is 5.77. The van der Waals surface area contributed by atoms with Gasteiger partial charge in [-0.2, -0.15) is 0 Å². The molecule has 3 heteroatoms. The first-order valence-electron chi connectivity index (χ1n) is 5.20. The van der Waals surface area contributed by atoms with Crippen molar-refractivity contribution in [2.45, 2.75) is 5.88 Å². The highest BCUT2D eigenvalue weighted by Crippen LogP contribution is 2.25. The van der Waals surface area contributed by atoms with Crippen LogP contribution in [0.25, 0.3) is 11.1 Å². The molecule has 0 saturated carbocycles. The summed E-state index contributed by atoms with van der Waals surface area (Å²) in [6, 6.07) is 14.6. The summed E-state index contributed by atoms with van der Waals surface area (Å²) < 4.78 is 0. The maximum Gasteiger partial charge on any atom is 0.336 e. The van der Waals surface area contributed by atoms with Gasteiger partial charge in [0.2, 0.25) is 0 Å². The first-order chi connectivity index (χ1) is 8.22. The fourth-order valence-electron chi connectivity index (χ4n) is 1.72. The van der Waals surface area contributed by atoms with Gasteiger partial charge in [0.25, 0.3) is 0 Å². The van der Waals surface area contributed by atoms with Gasteiger partial charge in [-0.05, 0) is 28.8 Å². The molecule has 0 radical (unpaired) electrons. The monoisotopic (exact) mass is 246 g/mol. The molecule has 0 bridgehead atoms. The van der Waals surface area contributed by atoms with Gasteiger partial charge in [-0.25, -0.2) is 4.79 Å². The topological polar surface area (TPSA) is 37.3 Å². The van der Waals surface area contributed by atoms with Gasteiger partial charge in [0.1, 0.15) is 0 Å². The molecule has 1 N–H and O–H groups in total. The van der Waals surface area contributed by atoms with E-state index >= 15 is 0 Å². The summed E-state index contributed by atoms with van der Waals surface area (Å²) in [7, 11) is 0. The summed E-state index contributed by atoms with van der Waals surface area (Å²) in [6.07, 6.45) is 0. The van der Waals surface area contributed by atoms with Gasteiger partial charge in [-0.3, -0.25) is 0 Å². The first kappa shape index (κ1) is 11.7. The Balaban J connectivity index is 2.61. The van der Waals surface area contributed by atoms with E-state index in [1.54, 1.807) is 12.1 Å². The third-order valence-corrected chi connectivity index (χ3v) is 2.86. The second-order valence-electron chi connectivity index (χ2n) is 3.68. The Hall–Kier alpha value is -1.80. The van der Waals surface area contributed by atoms with Gasteiger partial charge in [-0.1, -0.05) is 36.4 Å². The minimum atomic E-state index is -0.926. The Morgan fingerprint density at radius 1 is 1.12 bits per heavy atom. The van der Waals surface area contributed by atoms with Crippen molar-refractivity contribution >= 4 is 17.6 Å². The Kier molecular flexibility index (Phi) is 3.45. The molecule has 0 amide bonds. The van der Waals surface area contributed by atoms with Gasteiger partial charge in [0.15, 0.2) is 0 Å². The van der Waals surface area contributed by atoms with Crippen LogP contribution in [0.2, 0.25) is 0 Å². The van der Waals surface area contributed by atoms with Crippen molar-refractivity contribution in [1.82, 2.24) is 0 Å². The lowest BCUT2D eigenvalue weighted by Gasteiger charge is -2.08. The molecule has 86 valence electrons. The average Bonchev–Trinajstić information content (AvgIpc) is 2.39. The van der Waals surface area contributed by atoms with E-state index < -0.39 is 5.97 Å². The number of halogens is 1. The molecular weight excluding hydrogens is 236 g/mol. The highest BCUT2D eigenvalue weighted by molar-refractivity contribution is 6.17. The Morgan fingerprint density at radius 2 is 1.82 bits per heavy atom. The molecule has 0 saturated heterocycles. The van der Waals surface area contributed by atoms with E-state index in [-0.39, 0.29) is 0 Å². The third-order valence-electron chi connectivity index (χ3n) is 2.55. The molecule has 0 heterocycles. The Morgan fingerprint density at radius 3 is 2.41 bits per heavy atom. The number of hydrogen-bond acceptors (Lipinski definition) is 1. The SMILES string of the molecule is O=C(O)c1ccc(CCl)cc1-c1ccccc1. The van der Waals surface area contributed by atoms with Gasteiger partial charge >= 0.3 is 5.97 Å². The summed E-state index contributed by atoms with van der Waals surface area (Å²) in [5.41, 5.74) is 2.80. The maximum absolute atomic E-state index is 11.2. The molecule has 2 rings (SSSR count). The van der Waals surface area contributed by atoms with Gasteiger partial charge < -0.3 is 5.11 Å². The number of alkyl halides is 1. The van der Waals surface area contributed by atoms with Crippen LogP contribution in [0, 0.1) is 0 Å². The van der Waals surface area contributed by atoms with Crippen LogP contribution in [-0.4, -0.2) is 11.1 Å². The lowest BCUT2D eigenvalue weighted by Crippen LogP contribution is -2.00. The molecule has 2 aromatic carbocycles. The largest absolute Gasteiger partial charge is 0.478 e. The summed E-state index contributed by atoms with van der Waals surface area (Å²) in [5, 5.41) is 9.16. The first-order valence-corrected chi connectivity index (χ1v) is 5.73. The van der Waals surface area contributed by atoms with Crippen molar-refractivity contribution in [1.29, 1.82) is 0 Å². The highest BCUT2D eigenvalue weighted by atomic mass is 35.5. The van der Waals surface area contributed by atoms with Gasteiger partial charge in [-0.15, -0.1) is 11.6 Å². The van der Waals surface area contributed by atoms with Crippen LogP contribution >= 0.6 is 11.6 Å². The summed E-state index contributed by atoms with van der Waals surface area (Å²) in [6.45, 7) is 0. The van der Waals surface area contributed by atoms with Gasteiger partial charge in [0, 0.05) is 5.88 Å². The fourth-order valence-corrected chi connectivity index (χ4v) is 1.88. The van der Waals surface area contributed by atoms with E-state index in [0.29, 0.717) is 17.0 Å². The zero-order chi connectivity index (χ0) is 12.3. The predicted molar refractivity (Wildman–Crippen MR) is 68.4 cm³/mol. The van der Waals surface area contributed by atoms with Gasteiger partial charge in [0.05, 0.1) is 5.56 Å². The Labute approximate surface area is 104 Å². The zero-order valence-corrected chi connectivity index (χ0v) is 9.82. The van der Waals surface area contributed by atoms with Crippen LogP contribution in [0.1, 0.15) is 15.9 Å². The molecule has 0 fully saturated rings. The molecule has 17 heavy (non-hydrogen) atoms. The number of carboxylic acids is 1. The lowest BCUT2D eigenvalue weighted by atomic mass is 9.98. The highest BCUT2D eigenvalue weighted by Gasteiger charge is 2.11. The molecule has 0 unspecified atom stereocenters. The number of carboxylic acid groups (broad SMARTS) is 1. The van der Waals surface area contributed by atoms with Crippen LogP contribution in [0.5, 0.6) is 0 Å². The average molecular weight is 247 g/mol. The second kappa shape index (κ2) is 5.02. The molecule has 0 spiro atoms. The van der Waals surface area contributed by atoms with Crippen molar-refractivity contribution in [3.05, 3.63) is 59.7 Å². The number of carbonyl (C=O) groups is 1. The van der Waals surface area contributed by atoms with Crippen LogP contribution in [-0.2, 0) is 5.88 Å². The molecule has 0 aromatic heterocycles. The fraction of sp³-hybridized carbons (Fsp3) is 0.0714. The standard InChI is InChI=1S/C14H11ClO2/c15-9-10-6-7-12(14(16)17)13(8-10)11-4-2-1-3-5-11/h1-8H,9H2,(H,16,17). The number of rotatable bonds is 3. The molecule has 2 aromatic rings. The van der Waals surface area contributed by atoms with E-state index in [0.717, 1.165) is 11.1 Å². The van der Waals surface area contributed by atoms with Crippen molar-refractivity contribution in [3.63, 3.8) is 0 Å². The summed E-state index contributed by atoms with van der Waals surface area (Å²) in [5.74, 6) is -0.551. The number of aromatic carboxylic acids is 1. The van der Waals surface area contributed by atoms with E-state index in [1.165, 1.54) is 0 Å². The normalized spacial score (nSPS) is 10.2. The molecule has 0 aliphatic heterocycles. The smallest absolute Gasteiger partial charge is 0.336 e. The molecule has 2 nitrogen and oxygen atoms in total. The third kappa shape index (κ3) is 2.48. The minimum Gasteiger partial charge on any atom is -0.478 e. The summed E-state index contributed by atoms with van der Waals surface area (Å²) in [4.78, 5) is 11.2. The molecular formula is C14H11ClO2. The molecule has 0 aliphatic rings. The quantitative estimate of drug-likeness (QED) is 0.837. The Bertz CT molecular complexity index is 535. The van der Waals surface area contributed by atoms with E-state index in [2.05, 4.69) is 0 Å². The van der Waals surface area contributed by atoms with Crippen LogP contribution in [0.15, 0.2) is 48.5 Å². The number of benzene rings is 2. The molecule has 0 aliphatic carbocycles. The maximum atomic E-state index is 11.2. The lowest BCUT2D eigenvalue weighted by molar-refractivity contribution is 0.0697. The van der Waals surface area contributed by atoms with E-state index in [9.17, 15) is 4.79 Å². The zero-order valence-electron chi connectivity index (χ0n) is 9.06. The second-order valence-corrected chi connectivity index (χ2v) is 3.95. The van der Waals surface area contributed by atoms with Crippen molar-refractivity contribution in [2.75, 3.05) is 0 Å². The molecule has 0 atom stereocenters.